The number of nitrogens with zero attached hydrogens (tertiary/aromatic N) is 1. The largest absolute Gasteiger partial charge is 0.313 e. The highest BCUT2D eigenvalue weighted by atomic mass is 16.6. The van der Waals surface area contributed by atoms with Crippen LogP contribution in [0.3, 0.4) is 0 Å². The molecule has 0 radical (unpaired) electrons. The second kappa shape index (κ2) is 4.48. The molecule has 74 valence electrons. The Balaban J connectivity index is 3.07. The van der Waals surface area contributed by atoms with Gasteiger partial charge in [-0.15, -0.1) is 0 Å². The van der Waals surface area contributed by atoms with Crippen LogP contribution in [0.15, 0.2) is 24.3 Å². The van der Waals surface area contributed by atoms with Gasteiger partial charge in [-0.2, -0.15) is 0 Å². The van der Waals surface area contributed by atoms with Gasteiger partial charge in [0.25, 0.3) is 5.69 Å². The maximum absolute atomic E-state index is 11.4. The molecule has 0 unspecified atom stereocenters. The molecule has 0 aliphatic rings. The number of benzene rings is 1. The molecule has 0 saturated heterocycles. The standard InChI is InChI=1S/C9H10N2O3/c1-10-6-9(12)7-4-2-3-5-8(7)11(13)14/h2-5,10H,6H2,1H3. The summed E-state index contributed by atoms with van der Waals surface area (Å²) in [7, 11) is 1.62. The summed E-state index contributed by atoms with van der Waals surface area (Å²) in [5.74, 6) is -0.278. The normalized spacial score (nSPS) is 9.79. The smallest absolute Gasteiger partial charge is 0.280 e. The summed E-state index contributed by atoms with van der Waals surface area (Å²) < 4.78 is 0. The number of Topliss-reactive ketones (excluding diaryl/α,β-unsaturated/α-hetero) is 1. The van der Waals surface area contributed by atoms with Gasteiger partial charge in [0.1, 0.15) is 0 Å². The van der Waals surface area contributed by atoms with Crippen LogP contribution < -0.4 is 5.32 Å². The first kappa shape index (κ1) is 10.3. The van der Waals surface area contributed by atoms with Gasteiger partial charge < -0.3 is 5.32 Å². The summed E-state index contributed by atoms with van der Waals surface area (Å²) in [6, 6.07) is 5.92. The highest BCUT2D eigenvalue weighted by Crippen LogP contribution is 2.17. The Morgan fingerprint density at radius 1 is 1.50 bits per heavy atom. The average molecular weight is 194 g/mol. The molecule has 0 bridgehead atoms. The molecule has 1 N–H and O–H groups in total. The van der Waals surface area contributed by atoms with Gasteiger partial charge in [0, 0.05) is 6.07 Å². The lowest BCUT2D eigenvalue weighted by molar-refractivity contribution is -0.385. The fraction of sp³-hybridized carbons (Fsp3) is 0.222. The molecule has 0 heterocycles. The number of carbonyl (C=O) groups is 1. The molecular formula is C9H10N2O3. The molecule has 5 nitrogen and oxygen atoms in total. The first-order valence-electron chi connectivity index (χ1n) is 4.08. The van der Waals surface area contributed by atoms with Gasteiger partial charge in [0.2, 0.25) is 0 Å². The zero-order valence-corrected chi connectivity index (χ0v) is 7.69. The van der Waals surface area contributed by atoms with Crippen LogP contribution in [0.4, 0.5) is 5.69 Å². The summed E-state index contributed by atoms with van der Waals surface area (Å²) in [6.45, 7) is 0.102. The molecule has 0 atom stereocenters. The zero-order valence-electron chi connectivity index (χ0n) is 7.69. The number of nitro groups is 1. The molecule has 0 spiro atoms. The van der Waals surface area contributed by atoms with Gasteiger partial charge in [-0.3, -0.25) is 14.9 Å². The molecule has 0 aromatic heterocycles. The minimum atomic E-state index is -0.553. The minimum absolute atomic E-state index is 0.102. The summed E-state index contributed by atoms with van der Waals surface area (Å²) >= 11 is 0. The van der Waals surface area contributed by atoms with Crippen molar-refractivity contribution in [3.05, 3.63) is 39.9 Å². The Bertz CT molecular complexity index is 363. The summed E-state index contributed by atoms with van der Waals surface area (Å²) in [5.41, 5.74) is -0.000370. The van der Waals surface area contributed by atoms with Crippen molar-refractivity contribution >= 4 is 11.5 Å². The number of rotatable bonds is 4. The molecular weight excluding hydrogens is 184 g/mol. The van der Waals surface area contributed by atoms with Gasteiger partial charge in [0.05, 0.1) is 17.0 Å². The van der Waals surface area contributed by atoms with E-state index in [-0.39, 0.29) is 23.6 Å². The lowest BCUT2D eigenvalue weighted by Gasteiger charge is -2.00. The molecule has 0 fully saturated rings. The monoisotopic (exact) mass is 194 g/mol. The molecule has 1 rings (SSSR count). The van der Waals surface area contributed by atoms with Crippen LogP contribution >= 0.6 is 0 Å². The second-order valence-electron chi connectivity index (χ2n) is 2.73. The number of carbonyl (C=O) groups excluding carboxylic acids is 1. The van der Waals surface area contributed by atoms with Crippen molar-refractivity contribution in [1.29, 1.82) is 0 Å². The van der Waals surface area contributed by atoms with Crippen molar-refractivity contribution in [1.82, 2.24) is 5.32 Å². The van der Waals surface area contributed by atoms with Crippen LogP contribution in [0.1, 0.15) is 10.4 Å². The van der Waals surface area contributed by atoms with Crippen molar-refractivity contribution in [3.8, 4) is 0 Å². The Hall–Kier alpha value is -1.75. The predicted octanol–water partition coefficient (Wildman–Crippen LogP) is 0.997. The molecule has 1 aromatic carbocycles. The van der Waals surface area contributed by atoms with E-state index in [2.05, 4.69) is 5.32 Å². The molecule has 14 heavy (non-hydrogen) atoms. The SMILES string of the molecule is CNCC(=O)c1ccccc1[N+](=O)[O-]. The Morgan fingerprint density at radius 3 is 2.71 bits per heavy atom. The number of nitro benzene ring substituents is 1. The molecule has 1 aromatic rings. The van der Waals surface area contributed by atoms with E-state index < -0.39 is 4.92 Å². The maximum Gasteiger partial charge on any atom is 0.280 e. The zero-order chi connectivity index (χ0) is 10.6. The topological polar surface area (TPSA) is 72.2 Å². The summed E-state index contributed by atoms with van der Waals surface area (Å²) in [5, 5.41) is 13.2. The van der Waals surface area contributed by atoms with Gasteiger partial charge in [-0.1, -0.05) is 12.1 Å². The predicted molar refractivity (Wildman–Crippen MR) is 51.4 cm³/mol. The van der Waals surface area contributed by atoms with Crippen molar-refractivity contribution in [2.75, 3.05) is 13.6 Å². The number of hydrogen-bond donors (Lipinski definition) is 1. The lowest BCUT2D eigenvalue weighted by atomic mass is 10.1. The molecule has 0 amide bonds. The minimum Gasteiger partial charge on any atom is -0.313 e. The molecule has 5 heteroatoms. The van der Waals surface area contributed by atoms with Gasteiger partial charge in [-0.25, -0.2) is 0 Å². The van der Waals surface area contributed by atoms with E-state index >= 15 is 0 Å². The highest BCUT2D eigenvalue weighted by Gasteiger charge is 2.17. The quantitative estimate of drug-likeness (QED) is 0.441. The fourth-order valence-electron chi connectivity index (χ4n) is 1.12. The van der Waals surface area contributed by atoms with Crippen molar-refractivity contribution in [2.45, 2.75) is 0 Å². The third-order valence-corrected chi connectivity index (χ3v) is 1.74. The van der Waals surface area contributed by atoms with Crippen LogP contribution in [-0.2, 0) is 0 Å². The first-order chi connectivity index (χ1) is 6.66. The van der Waals surface area contributed by atoms with E-state index in [0.29, 0.717) is 0 Å². The Labute approximate surface area is 80.9 Å². The van der Waals surface area contributed by atoms with Crippen LogP contribution in [0.5, 0.6) is 0 Å². The number of nitrogens with one attached hydrogen (secondary N) is 1. The third kappa shape index (κ3) is 2.14. The van der Waals surface area contributed by atoms with Crippen LogP contribution in [0.2, 0.25) is 0 Å². The molecule has 0 aliphatic heterocycles. The van der Waals surface area contributed by atoms with Crippen molar-refractivity contribution in [3.63, 3.8) is 0 Å². The van der Waals surface area contributed by atoms with E-state index in [0.717, 1.165) is 0 Å². The van der Waals surface area contributed by atoms with Crippen LogP contribution in [-0.4, -0.2) is 24.3 Å². The fourth-order valence-corrected chi connectivity index (χ4v) is 1.12. The van der Waals surface area contributed by atoms with Crippen molar-refractivity contribution in [2.24, 2.45) is 0 Å². The van der Waals surface area contributed by atoms with E-state index in [1.807, 2.05) is 0 Å². The van der Waals surface area contributed by atoms with E-state index in [1.165, 1.54) is 18.2 Å². The number of ketones is 1. The lowest BCUT2D eigenvalue weighted by Crippen LogP contribution is -2.19. The number of hydrogen-bond acceptors (Lipinski definition) is 4. The number of likely N-dealkylation sites (N-methyl/N-ethyl adjacent to an activating group) is 1. The first-order valence-corrected chi connectivity index (χ1v) is 4.08. The van der Waals surface area contributed by atoms with Crippen LogP contribution in [0.25, 0.3) is 0 Å². The highest BCUT2D eigenvalue weighted by molar-refractivity contribution is 6.01. The molecule has 0 aliphatic carbocycles. The number of para-hydroxylation sites is 1. The van der Waals surface area contributed by atoms with Crippen LogP contribution in [0, 0.1) is 10.1 Å². The summed E-state index contributed by atoms with van der Waals surface area (Å²) in [6.07, 6.45) is 0. The Kier molecular flexibility index (Phi) is 3.30. The molecule has 0 saturated carbocycles. The maximum atomic E-state index is 11.4. The Morgan fingerprint density at radius 2 is 2.14 bits per heavy atom. The van der Waals surface area contributed by atoms with Gasteiger partial charge in [-0.05, 0) is 13.1 Å². The van der Waals surface area contributed by atoms with Crippen molar-refractivity contribution < 1.29 is 9.72 Å². The average Bonchev–Trinajstić information content (AvgIpc) is 2.18. The summed E-state index contributed by atoms with van der Waals surface area (Å²) in [4.78, 5) is 21.4. The third-order valence-electron chi connectivity index (χ3n) is 1.74. The van der Waals surface area contributed by atoms with Gasteiger partial charge in [0.15, 0.2) is 5.78 Å². The second-order valence-corrected chi connectivity index (χ2v) is 2.73. The van der Waals surface area contributed by atoms with E-state index in [9.17, 15) is 14.9 Å². The van der Waals surface area contributed by atoms with E-state index in [1.54, 1.807) is 13.1 Å². The van der Waals surface area contributed by atoms with E-state index in [4.69, 9.17) is 0 Å². The van der Waals surface area contributed by atoms with Gasteiger partial charge >= 0.3 is 0 Å².